The van der Waals surface area contributed by atoms with E-state index in [-0.39, 0.29) is 0 Å². The summed E-state index contributed by atoms with van der Waals surface area (Å²) < 4.78 is 2.91. The molecule has 4 aromatic heterocycles. The number of nitrogen functional groups attached to an aromatic ring is 2. The molecule has 0 unspecified atom stereocenters. The number of thiazole rings is 2. The van der Waals surface area contributed by atoms with Gasteiger partial charge in [-0.05, 0) is 49.7 Å². The summed E-state index contributed by atoms with van der Waals surface area (Å²) in [6.07, 6.45) is 3.45. The molecule has 27 heavy (non-hydrogen) atoms. The summed E-state index contributed by atoms with van der Waals surface area (Å²) in [5.74, 6) is 1.14. The summed E-state index contributed by atoms with van der Waals surface area (Å²) in [5, 5.41) is 13.4. The Morgan fingerprint density at radius 1 is 1.00 bits per heavy atom. The molecule has 0 aromatic carbocycles. The van der Waals surface area contributed by atoms with Crippen LogP contribution < -0.4 is 11.5 Å². The van der Waals surface area contributed by atoms with Crippen molar-refractivity contribution in [1.82, 2.24) is 29.9 Å². The van der Waals surface area contributed by atoms with E-state index in [1.807, 2.05) is 33.9 Å². The molecule has 0 atom stereocenters. The summed E-state index contributed by atoms with van der Waals surface area (Å²) in [4.78, 5) is 8.50. The monoisotopic (exact) mass is 468 g/mol. The Morgan fingerprint density at radius 2 is 1.67 bits per heavy atom. The third-order valence-electron chi connectivity index (χ3n) is 3.07. The van der Waals surface area contributed by atoms with Crippen LogP contribution in [0, 0.1) is 27.7 Å². The first-order chi connectivity index (χ1) is 12.8. The molecular weight excluding hydrogens is 448 g/mol. The third-order valence-corrected chi connectivity index (χ3v) is 6.05. The smallest absolute Gasteiger partial charge is 0.145 e. The van der Waals surface area contributed by atoms with Gasteiger partial charge in [0, 0.05) is 12.3 Å². The molecule has 0 spiro atoms. The molecule has 0 saturated carbocycles. The Hall–Kier alpha value is -2.24. The van der Waals surface area contributed by atoms with E-state index < -0.39 is 0 Å². The van der Waals surface area contributed by atoms with Crippen LogP contribution in [-0.2, 0) is 0 Å². The second-order valence-corrected chi connectivity index (χ2v) is 9.12. The molecule has 0 aliphatic rings. The van der Waals surface area contributed by atoms with Crippen LogP contribution in [0.1, 0.15) is 21.4 Å². The largest absolute Gasteiger partial charge is 0.384 e. The molecule has 4 heterocycles. The van der Waals surface area contributed by atoms with Crippen molar-refractivity contribution in [3.8, 4) is 5.00 Å². The van der Waals surface area contributed by atoms with E-state index in [1.165, 1.54) is 0 Å². The van der Waals surface area contributed by atoms with Gasteiger partial charge in [-0.2, -0.15) is 5.10 Å². The lowest BCUT2D eigenvalue weighted by molar-refractivity contribution is 0.890. The summed E-state index contributed by atoms with van der Waals surface area (Å²) in [6.45, 7) is 7.95. The minimum atomic E-state index is 0.533. The number of hydrogen-bond acceptors (Lipinski definition) is 8. The molecule has 0 fully saturated rings. The van der Waals surface area contributed by atoms with Crippen molar-refractivity contribution in [3.05, 3.63) is 49.7 Å². The Labute approximate surface area is 173 Å². The van der Waals surface area contributed by atoms with E-state index in [0.29, 0.717) is 11.6 Å². The first-order valence-corrected chi connectivity index (χ1v) is 10.3. The van der Waals surface area contributed by atoms with Crippen molar-refractivity contribution >= 4 is 50.2 Å². The third kappa shape index (κ3) is 6.45. The number of nitrogens with two attached hydrogens (primary N) is 2. The van der Waals surface area contributed by atoms with Crippen molar-refractivity contribution in [1.29, 1.82) is 0 Å². The van der Waals surface area contributed by atoms with Crippen molar-refractivity contribution in [3.63, 3.8) is 0 Å². The zero-order chi connectivity index (χ0) is 20.0. The molecule has 4 rings (SSSR count). The highest BCUT2D eigenvalue weighted by Crippen LogP contribution is 2.23. The highest BCUT2D eigenvalue weighted by molar-refractivity contribution is 9.11. The maximum absolute atomic E-state index is 5.53. The van der Waals surface area contributed by atoms with Crippen LogP contribution >= 0.6 is 38.6 Å². The van der Waals surface area contributed by atoms with Gasteiger partial charge in [-0.15, -0.1) is 16.4 Å². The minimum absolute atomic E-state index is 0.533. The summed E-state index contributed by atoms with van der Waals surface area (Å²) >= 11 is 6.66. The van der Waals surface area contributed by atoms with Gasteiger partial charge < -0.3 is 11.5 Å². The molecule has 5 N–H and O–H groups in total. The quantitative estimate of drug-likeness (QED) is 0.387. The fourth-order valence-electron chi connectivity index (χ4n) is 1.96. The molecule has 0 aliphatic heterocycles. The van der Waals surface area contributed by atoms with Crippen LogP contribution in [0.4, 0.5) is 11.6 Å². The number of rotatable bonds is 1. The zero-order valence-corrected chi connectivity index (χ0v) is 18.6. The zero-order valence-electron chi connectivity index (χ0n) is 15.4. The number of halogens is 1. The van der Waals surface area contributed by atoms with Gasteiger partial charge in [-0.3, -0.25) is 5.10 Å². The van der Waals surface area contributed by atoms with Gasteiger partial charge in [-0.25, -0.2) is 14.6 Å². The number of aryl methyl sites for hydroxylation is 4. The average molecular weight is 469 g/mol. The number of aromatic nitrogens is 6. The molecular formula is C16H21BrN8S2. The molecule has 0 amide bonds. The molecule has 0 radical (unpaired) electrons. The molecule has 0 saturated heterocycles. The summed E-state index contributed by atoms with van der Waals surface area (Å²) in [5.41, 5.74) is 12.8. The number of H-pyrrole nitrogens is 1. The van der Waals surface area contributed by atoms with Crippen molar-refractivity contribution in [2.45, 2.75) is 27.7 Å². The van der Waals surface area contributed by atoms with E-state index in [9.17, 15) is 0 Å². The van der Waals surface area contributed by atoms with Crippen LogP contribution in [0.15, 0.2) is 28.3 Å². The van der Waals surface area contributed by atoms with Gasteiger partial charge in [0.2, 0.25) is 0 Å². The Morgan fingerprint density at radius 3 is 1.96 bits per heavy atom. The van der Waals surface area contributed by atoms with Crippen LogP contribution in [0.5, 0.6) is 0 Å². The molecule has 0 bridgehead atoms. The normalized spacial score (nSPS) is 9.96. The maximum atomic E-state index is 5.53. The first-order valence-electron chi connectivity index (χ1n) is 7.86. The van der Waals surface area contributed by atoms with Gasteiger partial charge in [0.05, 0.1) is 31.4 Å². The molecule has 11 heteroatoms. The SMILES string of the molecule is Cc1nc(C)c(-n2ccc(N)n2)s1.Cc1nc(C)c(Br)s1.Nc1ccn[nH]1. The van der Waals surface area contributed by atoms with Crippen molar-refractivity contribution in [2.75, 3.05) is 11.5 Å². The molecule has 8 nitrogen and oxygen atoms in total. The highest BCUT2D eigenvalue weighted by atomic mass is 79.9. The molecule has 144 valence electrons. The average Bonchev–Trinajstić information content (AvgIpc) is 3.34. The van der Waals surface area contributed by atoms with Crippen LogP contribution in [0.3, 0.4) is 0 Å². The van der Waals surface area contributed by atoms with Gasteiger partial charge in [0.25, 0.3) is 0 Å². The van der Waals surface area contributed by atoms with Crippen molar-refractivity contribution in [2.24, 2.45) is 0 Å². The fourth-order valence-corrected chi connectivity index (χ4v) is 4.24. The highest BCUT2D eigenvalue weighted by Gasteiger charge is 2.07. The second kappa shape index (κ2) is 9.62. The lowest BCUT2D eigenvalue weighted by atomic mass is 10.5. The summed E-state index contributed by atoms with van der Waals surface area (Å²) in [6, 6.07) is 3.47. The lowest BCUT2D eigenvalue weighted by Crippen LogP contribution is -1.95. The van der Waals surface area contributed by atoms with E-state index >= 15 is 0 Å². The Balaban J connectivity index is 0.000000159. The molecule has 0 aliphatic carbocycles. The van der Waals surface area contributed by atoms with Crippen molar-refractivity contribution < 1.29 is 0 Å². The van der Waals surface area contributed by atoms with Gasteiger partial charge >= 0.3 is 0 Å². The van der Waals surface area contributed by atoms with E-state index in [0.717, 1.165) is 30.2 Å². The molecule has 4 aromatic rings. The van der Waals surface area contributed by atoms with E-state index in [2.05, 4.69) is 41.2 Å². The van der Waals surface area contributed by atoms with Crippen LogP contribution in [-0.4, -0.2) is 29.9 Å². The minimum Gasteiger partial charge on any atom is -0.384 e. The number of aromatic amines is 1. The summed E-state index contributed by atoms with van der Waals surface area (Å²) in [7, 11) is 0. The van der Waals surface area contributed by atoms with Crippen LogP contribution in [0.2, 0.25) is 0 Å². The maximum Gasteiger partial charge on any atom is 0.145 e. The van der Waals surface area contributed by atoms with Crippen LogP contribution in [0.25, 0.3) is 5.00 Å². The lowest BCUT2D eigenvalue weighted by Gasteiger charge is -1.95. The first kappa shape index (κ1) is 21.1. The number of nitrogens with zero attached hydrogens (tertiary/aromatic N) is 5. The fraction of sp³-hybridized carbons (Fsp3) is 0.250. The predicted molar refractivity (Wildman–Crippen MR) is 115 cm³/mol. The Bertz CT molecular complexity index is 951. The number of anilines is 2. The predicted octanol–water partition coefficient (Wildman–Crippen LogP) is 4.04. The van der Waals surface area contributed by atoms with Gasteiger partial charge in [0.15, 0.2) is 0 Å². The second-order valence-electron chi connectivity index (χ2n) is 5.41. The van der Waals surface area contributed by atoms with E-state index in [4.69, 9.17) is 11.5 Å². The Kier molecular flexibility index (Phi) is 7.51. The number of nitrogens with one attached hydrogen (secondary N) is 1. The topological polar surface area (TPSA) is 124 Å². The standard InChI is InChI=1S/C8H10N4S.C5H6BrNS.C3H5N3/c1-5-8(13-6(2)10-5)12-4-3-7(9)11-12;1-3-5(6)8-4(2)7-3;4-3-1-2-5-6-3/h3-4H,1-2H3,(H2,9,11);1-2H3;1-2H,(H3,4,5,6). The number of hydrogen-bond donors (Lipinski definition) is 3. The van der Waals surface area contributed by atoms with Gasteiger partial charge in [-0.1, -0.05) is 11.3 Å². The van der Waals surface area contributed by atoms with E-state index in [1.54, 1.807) is 45.7 Å². The van der Waals surface area contributed by atoms with Gasteiger partial charge in [0.1, 0.15) is 16.6 Å².